The fraction of sp³-hybridized carbons (Fsp3) is 0.158. The average molecular weight is 402 g/mol. The first-order chi connectivity index (χ1) is 12.9. The van der Waals surface area contributed by atoms with Crippen molar-refractivity contribution in [3.8, 4) is 16.3 Å². The average Bonchev–Trinajstić information content (AvgIpc) is 3.08. The minimum absolute atomic E-state index is 0.0240. The first kappa shape index (κ1) is 19.1. The zero-order chi connectivity index (χ0) is 19.4. The summed E-state index contributed by atoms with van der Waals surface area (Å²) in [7, 11) is -2.41. The molecule has 1 amide bonds. The Bertz CT molecular complexity index is 1060. The lowest BCUT2D eigenvalue weighted by molar-refractivity contribution is -0.118. The molecule has 27 heavy (non-hydrogen) atoms. The molecule has 0 aliphatic heterocycles. The van der Waals surface area contributed by atoms with E-state index < -0.39 is 15.9 Å². The van der Waals surface area contributed by atoms with Gasteiger partial charge in [-0.15, -0.1) is 11.3 Å². The summed E-state index contributed by atoms with van der Waals surface area (Å²) < 4.78 is 32.3. The predicted octanol–water partition coefficient (Wildman–Crippen LogP) is 3.17. The molecule has 0 spiro atoms. The Morgan fingerprint density at radius 1 is 1.19 bits per heavy atom. The molecule has 3 rings (SSSR count). The number of rotatable bonds is 6. The standard InChI is InChI=1S/C19H18N2O4S2/c1-13-12-26-19(20-13)15-4-3-5-17(11-15)27(23,24)21-18(22)10-14-6-8-16(25-2)9-7-14/h3-9,11-12H,10H2,1-2H3,(H,21,22). The Hall–Kier alpha value is -2.71. The van der Waals surface area contributed by atoms with Gasteiger partial charge < -0.3 is 4.74 Å². The maximum Gasteiger partial charge on any atom is 0.264 e. The minimum Gasteiger partial charge on any atom is -0.497 e. The number of nitrogens with one attached hydrogen (secondary N) is 1. The monoisotopic (exact) mass is 402 g/mol. The van der Waals surface area contributed by atoms with E-state index in [1.165, 1.54) is 23.5 Å². The summed E-state index contributed by atoms with van der Waals surface area (Å²) in [5.41, 5.74) is 2.25. The Kier molecular flexibility index (Phi) is 5.57. The second-order valence-electron chi connectivity index (χ2n) is 5.88. The summed E-state index contributed by atoms with van der Waals surface area (Å²) in [5, 5.41) is 2.63. The molecule has 0 radical (unpaired) electrons. The summed E-state index contributed by atoms with van der Waals surface area (Å²) in [4.78, 5) is 16.6. The van der Waals surface area contributed by atoms with Crippen LogP contribution in [0.3, 0.4) is 0 Å². The number of nitrogens with zero attached hydrogens (tertiary/aromatic N) is 1. The van der Waals surface area contributed by atoms with Gasteiger partial charge in [-0.3, -0.25) is 4.79 Å². The summed E-state index contributed by atoms with van der Waals surface area (Å²) in [6, 6.07) is 13.3. The SMILES string of the molecule is COc1ccc(CC(=O)NS(=O)(=O)c2cccc(-c3nc(C)cs3)c2)cc1. The number of thiazole rings is 1. The van der Waals surface area contributed by atoms with Crippen LogP contribution >= 0.6 is 11.3 Å². The van der Waals surface area contributed by atoms with Gasteiger partial charge in [-0.05, 0) is 36.8 Å². The second kappa shape index (κ2) is 7.89. The number of methoxy groups -OCH3 is 1. The van der Waals surface area contributed by atoms with E-state index in [2.05, 4.69) is 9.71 Å². The fourth-order valence-electron chi connectivity index (χ4n) is 2.46. The van der Waals surface area contributed by atoms with Crippen LogP contribution in [0, 0.1) is 6.92 Å². The number of ether oxygens (including phenoxy) is 1. The first-order valence-electron chi connectivity index (χ1n) is 8.08. The van der Waals surface area contributed by atoms with Crippen molar-refractivity contribution in [3.63, 3.8) is 0 Å². The topological polar surface area (TPSA) is 85.4 Å². The molecule has 0 fully saturated rings. The van der Waals surface area contributed by atoms with Gasteiger partial charge in [-0.1, -0.05) is 24.3 Å². The van der Waals surface area contributed by atoms with Crippen molar-refractivity contribution >= 4 is 27.3 Å². The van der Waals surface area contributed by atoms with Crippen molar-refractivity contribution in [2.75, 3.05) is 7.11 Å². The van der Waals surface area contributed by atoms with Gasteiger partial charge in [0.25, 0.3) is 10.0 Å². The third-order valence-electron chi connectivity index (χ3n) is 3.78. The highest BCUT2D eigenvalue weighted by molar-refractivity contribution is 7.90. The Morgan fingerprint density at radius 2 is 1.93 bits per heavy atom. The van der Waals surface area contributed by atoms with Crippen molar-refractivity contribution in [2.45, 2.75) is 18.2 Å². The number of hydrogen-bond donors (Lipinski definition) is 1. The number of carbonyl (C=O) groups excluding carboxylic acids is 1. The number of carbonyl (C=O) groups is 1. The predicted molar refractivity (Wildman–Crippen MR) is 104 cm³/mol. The van der Waals surface area contributed by atoms with E-state index in [9.17, 15) is 13.2 Å². The lowest BCUT2D eigenvalue weighted by Crippen LogP contribution is -2.31. The van der Waals surface area contributed by atoms with E-state index in [1.807, 2.05) is 12.3 Å². The van der Waals surface area contributed by atoms with E-state index in [1.54, 1.807) is 43.5 Å². The fourth-order valence-corrected chi connectivity index (χ4v) is 4.28. The smallest absolute Gasteiger partial charge is 0.264 e. The molecule has 0 saturated carbocycles. The van der Waals surface area contributed by atoms with E-state index >= 15 is 0 Å². The zero-order valence-electron chi connectivity index (χ0n) is 14.8. The minimum atomic E-state index is -3.96. The van der Waals surface area contributed by atoms with Gasteiger partial charge >= 0.3 is 0 Å². The van der Waals surface area contributed by atoms with Crippen molar-refractivity contribution in [1.82, 2.24) is 9.71 Å². The molecule has 1 heterocycles. The quantitative estimate of drug-likeness (QED) is 0.684. The van der Waals surface area contributed by atoms with Crippen molar-refractivity contribution < 1.29 is 17.9 Å². The third-order valence-corrected chi connectivity index (χ3v) is 6.16. The van der Waals surface area contributed by atoms with E-state index in [0.717, 1.165) is 10.7 Å². The summed E-state index contributed by atoms with van der Waals surface area (Å²) in [6.07, 6.45) is -0.0470. The lowest BCUT2D eigenvalue weighted by atomic mass is 10.1. The number of benzene rings is 2. The molecule has 140 valence electrons. The number of aryl methyl sites for hydroxylation is 1. The Balaban J connectivity index is 1.74. The highest BCUT2D eigenvalue weighted by Gasteiger charge is 2.19. The number of hydrogen-bond acceptors (Lipinski definition) is 6. The molecule has 0 saturated heterocycles. The number of amides is 1. The van der Waals surface area contributed by atoms with E-state index in [-0.39, 0.29) is 11.3 Å². The maximum atomic E-state index is 12.6. The van der Waals surface area contributed by atoms with Crippen LogP contribution in [0.4, 0.5) is 0 Å². The second-order valence-corrected chi connectivity index (χ2v) is 8.42. The van der Waals surface area contributed by atoms with Gasteiger partial charge in [0.05, 0.1) is 18.4 Å². The van der Waals surface area contributed by atoms with Crippen LogP contribution < -0.4 is 9.46 Å². The van der Waals surface area contributed by atoms with Crippen LogP contribution in [0.2, 0.25) is 0 Å². The molecule has 0 atom stereocenters. The molecule has 1 N–H and O–H groups in total. The normalized spacial score (nSPS) is 11.2. The third kappa shape index (κ3) is 4.72. The molecule has 0 bridgehead atoms. The van der Waals surface area contributed by atoms with Crippen LogP contribution in [-0.4, -0.2) is 26.4 Å². The zero-order valence-corrected chi connectivity index (χ0v) is 16.4. The largest absolute Gasteiger partial charge is 0.497 e. The van der Waals surface area contributed by atoms with Gasteiger partial charge in [0.1, 0.15) is 10.8 Å². The highest BCUT2D eigenvalue weighted by atomic mass is 32.2. The van der Waals surface area contributed by atoms with Crippen molar-refractivity contribution in [1.29, 1.82) is 0 Å². The molecule has 0 unspecified atom stereocenters. The number of sulfonamides is 1. The van der Waals surface area contributed by atoms with E-state index in [0.29, 0.717) is 16.9 Å². The molecule has 0 aliphatic rings. The molecule has 8 heteroatoms. The maximum absolute atomic E-state index is 12.6. The lowest BCUT2D eigenvalue weighted by Gasteiger charge is -2.08. The molecular formula is C19H18N2O4S2. The van der Waals surface area contributed by atoms with Crippen LogP contribution in [-0.2, 0) is 21.2 Å². The molecule has 1 aromatic heterocycles. The molecule has 2 aromatic carbocycles. The van der Waals surface area contributed by atoms with Crippen LogP contribution in [0.25, 0.3) is 10.6 Å². The summed E-state index contributed by atoms with van der Waals surface area (Å²) in [5.74, 6) is 0.0664. The van der Waals surface area contributed by atoms with Crippen molar-refractivity contribution in [2.24, 2.45) is 0 Å². The van der Waals surface area contributed by atoms with Crippen LogP contribution in [0.1, 0.15) is 11.3 Å². The molecule has 0 aliphatic carbocycles. The Labute approximate surface area is 161 Å². The van der Waals surface area contributed by atoms with Gasteiger partial charge in [0, 0.05) is 16.6 Å². The molecule has 6 nitrogen and oxygen atoms in total. The Morgan fingerprint density at radius 3 is 2.56 bits per heavy atom. The van der Waals surface area contributed by atoms with Gasteiger partial charge in [-0.2, -0.15) is 0 Å². The summed E-state index contributed by atoms with van der Waals surface area (Å²) in [6.45, 7) is 1.87. The molecule has 3 aromatic rings. The van der Waals surface area contributed by atoms with Crippen molar-refractivity contribution in [3.05, 3.63) is 65.2 Å². The van der Waals surface area contributed by atoms with Crippen LogP contribution in [0.15, 0.2) is 58.8 Å². The van der Waals surface area contributed by atoms with Gasteiger partial charge in [0.2, 0.25) is 5.91 Å². The highest BCUT2D eigenvalue weighted by Crippen LogP contribution is 2.25. The van der Waals surface area contributed by atoms with Gasteiger partial charge in [-0.25, -0.2) is 18.1 Å². The first-order valence-corrected chi connectivity index (χ1v) is 10.4. The van der Waals surface area contributed by atoms with Crippen LogP contribution in [0.5, 0.6) is 5.75 Å². The number of aromatic nitrogens is 1. The van der Waals surface area contributed by atoms with E-state index in [4.69, 9.17) is 4.74 Å². The summed E-state index contributed by atoms with van der Waals surface area (Å²) >= 11 is 1.44. The van der Waals surface area contributed by atoms with Gasteiger partial charge in [0.15, 0.2) is 0 Å². The molecular weight excluding hydrogens is 384 g/mol.